The van der Waals surface area contributed by atoms with E-state index in [1.165, 1.54) is 12.1 Å². The van der Waals surface area contributed by atoms with Gasteiger partial charge in [0.25, 0.3) is 5.91 Å². The lowest BCUT2D eigenvalue weighted by molar-refractivity contribution is -0.137. The number of ether oxygens (including phenoxy) is 1. The van der Waals surface area contributed by atoms with Crippen molar-refractivity contribution in [3.63, 3.8) is 0 Å². The predicted molar refractivity (Wildman–Crippen MR) is 86.1 cm³/mol. The topological polar surface area (TPSA) is 38.3 Å². The Labute approximate surface area is 138 Å². The van der Waals surface area contributed by atoms with E-state index in [1.807, 2.05) is 32.0 Å². The standard InChI is InChI=1S/C18H18F3NO2/c1-11-4-5-12(2)16(10-11)24-13(3)17(23)22-15-8-6-14(7-9-15)18(19,20)21/h4-10,13H,1-3H3,(H,22,23)/t13-/m1/s1. The third-order valence-electron chi connectivity index (χ3n) is 3.50. The number of amides is 1. The van der Waals surface area contributed by atoms with Crippen molar-refractivity contribution < 1.29 is 22.7 Å². The lowest BCUT2D eigenvalue weighted by atomic mass is 10.1. The van der Waals surface area contributed by atoms with Crippen molar-refractivity contribution in [2.24, 2.45) is 0 Å². The van der Waals surface area contributed by atoms with Crippen molar-refractivity contribution in [1.82, 2.24) is 0 Å². The zero-order valence-electron chi connectivity index (χ0n) is 13.6. The van der Waals surface area contributed by atoms with Crippen LogP contribution in [-0.2, 0) is 11.0 Å². The molecule has 0 saturated carbocycles. The molecular weight excluding hydrogens is 319 g/mol. The van der Waals surface area contributed by atoms with E-state index in [1.54, 1.807) is 6.92 Å². The molecule has 0 spiro atoms. The molecule has 128 valence electrons. The molecule has 0 radical (unpaired) electrons. The number of alkyl halides is 3. The molecule has 0 saturated heterocycles. The van der Waals surface area contributed by atoms with E-state index in [0.717, 1.165) is 23.3 Å². The number of hydrogen-bond acceptors (Lipinski definition) is 2. The fraction of sp³-hybridized carbons (Fsp3) is 0.278. The molecular formula is C18H18F3NO2. The number of carbonyl (C=O) groups excluding carboxylic acids is 1. The van der Waals surface area contributed by atoms with Crippen molar-refractivity contribution >= 4 is 11.6 Å². The van der Waals surface area contributed by atoms with E-state index in [4.69, 9.17) is 4.74 Å². The van der Waals surface area contributed by atoms with Gasteiger partial charge in [0.1, 0.15) is 5.75 Å². The molecule has 1 amide bonds. The minimum atomic E-state index is -4.40. The Morgan fingerprint density at radius 3 is 2.29 bits per heavy atom. The monoisotopic (exact) mass is 337 g/mol. The van der Waals surface area contributed by atoms with E-state index in [0.29, 0.717) is 5.75 Å². The van der Waals surface area contributed by atoms with Gasteiger partial charge < -0.3 is 10.1 Å². The smallest absolute Gasteiger partial charge is 0.416 e. The maximum absolute atomic E-state index is 12.5. The van der Waals surface area contributed by atoms with Crippen LogP contribution in [0.15, 0.2) is 42.5 Å². The highest BCUT2D eigenvalue weighted by Crippen LogP contribution is 2.29. The van der Waals surface area contributed by atoms with Gasteiger partial charge in [0, 0.05) is 5.69 Å². The van der Waals surface area contributed by atoms with Crippen LogP contribution < -0.4 is 10.1 Å². The fourth-order valence-corrected chi connectivity index (χ4v) is 2.06. The molecule has 6 heteroatoms. The SMILES string of the molecule is Cc1ccc(C)c(O[C@H](C)C(=O)Nc2ccc(C(F)(F)F)cc2)c1. The van der Waals surface area contributed by atoms with Crippen LogP contribution in [0.2, 0.25) is 0 Å². The van der Waals surface area contributed by atoms with Crippen LogP contribution in [0.3, 0.4) is 0 Å². The van der Waals surface area contributed by atoms with Crippen LogP contribution in [0, 0.1) is 13.8 Å². The van der Waals surface area contributed by atoms with Crippen LogP contribution in [0.1, 0.15) is 23.6 Å². The molecule has 0 unspecified atom stereocenters. The molecule has 2 aromatic carbocycles. The first-order chi connectivity index (χ1) is 11.2. The van der Waals surface area contributed by atoms with Gasteiger partial charge >= 0.3 is 6.18 Å². The quantitative estimate of drug-likeness (QED) is 0.876. The van der Waals surface area contributed by atoms with Crippen molar-refractivity contribution in [3.8, 4) is 5.75 Å². The Balaban J connectivity index is 2.02. The van der Waals surface area contributed by atoms with Crippen LogP contribution in [0.4, 0.5) is 18.9 Å². The highest BCUT2D eigenvalue weighted by atomic mass is 19.4. The van der Waals surface area contributed by atoms with Crippen LogP contribution in [-0.4, -0.2) is 12.0 Å². The Bertz CT molecular complexity index is 724. The highest BCUT2D eigenvalue weighted by molar-refractivity contribution is 5.94. The second kappa shape index (κ2) is 6.95. The van der Waals surface area contributed by atoms with Gasteiger partial charge in [0.15, 0.2) is 6.10 Å². The maximum Gasteiger partial charge on any atom is 0.416 e. The average Bonchev–Trinajstić information content (AvgIpc) is 2.50. The second-order valence-corrected chi connectivity index (χ2v) is 5.59. The Morgan fingerprint density at radius 2 is 1.71 bits per heavy atom. The average molecular weight is 337 g/mol. The first kappa shape index (κ1) is 17.8. The van der Waals surface area contributed by atoms with Crippen molar-refractivity contribution in [2.75, 3.05) is 5.32 Å². The van der Waals surface area contributed by atoms with Gasteiger partial charge in [-0.15, -0.1) is 0 Å². The van der Waals surface area contributed by atoms with E-state index < -0.39 is 23.8 Å². The molecule has 0 fully saturated rings. The third kappa shape index (κ3) is 4.50. The summed E-state index contributed by atoms with van der Waals surface area (Å²) in [6.45, 7) is 5.37. The Hall–Kier alpha value is -2.50. The normalized spacial score (nSPS) is 12.6. The molecule has 2 rings (SSSR count). The summed E-state index contributed by atoms with van der Waals surface area (Å²) in [7, 11) is 0. The van der Waals surface area contributed by atoms with Crippen LogP contribution in [0.25, 0.3) is 0 Å². The number of nitrogens with one attached hydrogen (secondary N) is 1. The predicted octanol–water partition coefficient (Wildman–Crippen LogP) is 4.73. The number of aryl methyl sites for hydroxylation is 2. The van der Waals surface area contributed by atoms with Gasteiger partial charge in [0.05, 0.1) is 5.56 Å². The van der Waals surface area contributed by atoms with Crippen molar-refractivity contribution in [1.29, 1.82) is 0 Å². The molecule has 0 heterocycles. The lowest BCUT2D eigenvalue weighted by Gasteiger charge is -2.17. The van der Waals surface area contributed by atoms with Gasteiger partial charge in [-0.3, -0.25) is 4.79 Å². The molecule has 0 aliphatic rings. The Kier molecular flexibility index (Phi) is 5.17. The van der Waals surface area contributed by atoms with Gasteiger partial charge in [0.2, 0.25) is 0 Å². The van der Waals surface area contributed by atoms with Crippen LogP contribution >= 0.6 is 0 Å². The maximum atomic E-state index is 12.5. The van der Waals surface area contributed by atoms with E-state index in [9.17, 15) is 18.0 Å². The summed E-state index contributed by atoms with van der Waals surface area (Å²) in [5, 5.41) is 2.54. The number of benzene rings is 2. The largest absolute Gasteiger partial charge is 0.481 e. The summed E-state index contributed by atoms with van der Waals surface area (Å²) in [4.78, 5) is 12.1. The number of hydrogen-bond donors (Lipinski definition) is 1. The second-order valence-electron chi connectivity index (χ2n) is 5.59. The minimum Gasteiger partial charge on any atom is -0.481 e. The fourth-order valence-electron chi connectivity index (χ4n) is 2.06. The summed E-state index contributed by atoms with van der Waals surface area (Å²) in [6, 6.07) is 9.94. The van der Waals surface area contributed by atoms with Gasteiger partial charge in [-0.25, -0.2) is 0 Å². The zero-order chi connectivity index (χ0) is 17.9. The van der Waals surface area contributed by atoms with Gasteiger partial charge in [-0.2, -0.15) is 13.2 Å². The Morgan fingerprint density at radius 1 is 1.08 bits per heavy atom. The minimum absolute atomic E-state index is 0.282. The molecule has 0 bridgehead atoms. The van der Waals surface area contributed by atoms with E-state index in [2.05, 4.69) is 5.32 Å². The molecule has 3 nitrogen and oxygen atoms in total. The third-order valence-corrected chi connectivity index (χ3v) is 3.50. The number of rotatable bonds is 4. The summed E-state index contributed by atoms with van der Waals surface area (Å²) >= 11 is 0. The molecule has 24 heavy (non-hydrogen) atoms. The first-order valence-electron chi connectivity index (χ1n) is 7.39. The molecule has 1 N–H and O–H groups in total. The van der Waals surface area contributed by atoms with E-state index in [-0.39, 0.29) is 5.69 Å². The zero-order valence-corrected chi connectivity index (χ0v) is 13.6. The van der Waals surface area contributed by atoms with E-state index >= 15 is 0 Å². The number of anilines is 1. The van der Waals surface area contributed by atoms with Gasteiger partial charge in [-0.1, -0.05) is 12.1 Å². The number of carbonyl (C=O) groups is 1. The number of halogens is 3. The highest BCUT2D eigenvalue weighted by Gasteiger charge is 2.30. The molecule has 1 atom stereocenters. The summed E-state index contributed by atoms with van der Waals surface area (Å²) in [5.41, 5.74) is 1.42. The van der Waals surface area contributed by atoms with Crippen molar-refractivity contribution in [2.45, 2.75) is 33.1 Å². The van der Waals surface area contributed by atoms with Crippen LogP contribution in [0.5, 0.6) is 5.75 Å². The summed E-state index contributed by atoms with van der Waals surface area (Å²) < 4.78 is 43.2. The molecule has 2 aromatic rings. The molecule has 0 aromatic heterocycles. The first-order valence-corrected chi connectivity index (χ1v) is 7.39. The molecule has 0 aliphatic heterocycles. The summed E-state index contributed by atoms with van der Waals surface area (Å²) in [5.74, 6) is 0.167. The lowest BCUT2D eigenvalue weighted by Crippen LogP contribution is -2.30. The van der Waals surface area contributed by atoms with Gasteiger partial charge in [-0.05, 0) is 62.2 Å². The summed E-state index contributed by atoms with van der Waals surface area (Å²) in [6.07, 6.45) is -5.19. The molecule has 0 aliphatic carbocycles. The van der Waals surface area contributed by atoms with Crippen molar-refractivity contribution in [3.05, 3.63) is 59.2 Å².